The Bertz CT molecular complexity index is 571. The van der Waals surface area contributed by atoms with E-state index in [9.17, 15) is 0 Å². The first-order valence-electron chi connectivity index (χ1n) is 8.34. The molecule has 4 N–H and O–H groups in total. The fourth-order valence-electron chi connectivity index (χ4n) is 2.21. The maximum atomic E-state index is 9.11. The zero-order valence-electron chi connectivity index (χ0n) is 14.5. The number of allylic oxidation sites excluding steroid dienone is 5. The van der Waals surface area contributed by atoms with Gasteiger partial charge in [0, 0.05) is 31.0 Å². The molecular formula is C20H28N2O3. The first kappa shape index (κ1) is 20.7. The van der Waals surface area contributed by atoms with Gasteiger partial charge in [-0.1, -0.05) is 43.0 Å². The molecule has 1 aromatic carbocycles. The van der Waals surface area contributed by atoms with Crippen molar-refractivity contribution in [3.8, 4) is 0 Å². The monoisotopic (exact) mass is 344 g/mol. The van der Waals surface area contributed by atoms with Crippen LogP contribution in [0.25, 0.3) is 6.08 Å². The Balaban J connectivity index is 2.81. The second kappa shape index (κ2) is 13.0. The number of nitrogens with one attached hydrogen (secondary N) is 1. The van der Waals surface area contributed by atoms with Gasteiger partial charge in [-0.3, -0.25) is 0 Å². The van der Waals surface area contributed by atoms with E-state index in [-0.39, 0.29) is 19.8 Å². The van der Waals surface area contributed by atoms with Crippen molar-refractivity contribution in [2.24, 2.45) is 0 Å². The van der Waals surface area contributed by atoms with Crippen LogP contribution in [0.5, 0.6) is 0 Å². The molecule has 0 spiro atoms. The van der Waals surface area contributed by atoms with Crippen molar-refractivity contribution in [3.63, 3.8) is 0 Å². The van der Waals surface area contributed by atoms with E-state index in [2.05, 4.69) is 11.9 Å². The number of benzene rings is 1. The predicted octanol–water partition coefficient (Wildman–Crippen LogP) is 1.70. The van der Waals surface area contributed by atoms with Crippen molar-refractivity contribution in [1.29, 1.82) is 0 Å². The molecule has 0 saturated carbocycles. The van der Waals surface area contributed by atoms with E-state index in [4.69, 9.17) is 15.3 Å². The highest BCUT2D eigenvalue weighted by Crippen LogP contribution is 2.16. The molecule has 1 rings (SSSR count). The van der Waals surface area contributed by atoms with Crippen LogP contribution in [0.3, 0.4) is 0 Å². The first-order chi connectivity index (χ1) is 12.2. The van der Waals surface area contributed by atoms with E-state index in [1.165, 1.54) is 0 Å². The van der Waals surface area contributed by atoms with Crippen LogP contribution in [0.15, 0.2) is 66.9 Å². The average Bonchev–Trinajstić information content (AvgIpc) is 2.64. The SMILES string of the molecule is C=C\C=C/C=C(/C=C/c1ccc(N(CCO)CCO)cc1)NCCO. The van der Waals surface area contributed by atoms with Crippen molar-refractivity contribution in [1.82, 2.24) is 5.32 Å². The van der Waals surface area contributed by atoms with Crippen LogP contribution < -0.4 is 10.2 Å². The molecule has 0 saturated heterocycles. The van der Waals surface area contributed by atoms with Crippen molar-refractivity contribution in [2.45, 2.75) is 0 Å². The van der Waals surface area contributed by atoms with Gasteiger partial charge in [-0.2, -0.15) is 0 Å². The normalized spacial score (nSPS) is 12.0. The van der Waals surface area contributed by atoms with Crippen LogP contribution in [0.2, 0.25) is 0 Å². The molecular weight excluding hydrogens is 316 g/mol. The lowest BCUT2D eigenvalue weighted by Gasteiger charge is -2.22. The highest BCUT2D eigenvalue weighted by Gasteiger charge is 2.04. The van der Waals surface area contributed by atoms with Gasteiger partial charge in [0.15, 0.2) is 0 Å². The van der Waals surface area contributed by atoms with Gasteiger partial charge in [0.2, 0.25) is 0 Å². The third-order valence-corrected chi connectivity index (χ3v) is 3.42. The molecule has 0 amide bonds. The quantitative estimate of drug-likeness (QED) is 0.434. The molecule has 0 aromatic heterocycles. The van der Waals surface area contributed by atoms with E-state index in [0.29, 0.717) is 19.6 Å². The van der Waals surface area contributed by atoms with E-state index in [1.807, 2.05) is 59.5 Å². The van der Waals surface area contributed by atoms with Crippen molar-refractivity contribution >= 4 is 11.8 Å². The molecule has 1 aromatic rings. The van der Waals surface area contributed by atoms with Gasteiger partial charge in [0.1, 0.15) is 0 Å². The van der Waals surface area contributed by atoms with E-state index >= 15 is 0 Å². The van der Waals surface area contributed by atoms with Crippen LogP contribution in [-0.2, 0) is 0 Å². The third kappa shape index (κ3) is 8.35. The van der Waals surface area contributed by atoms with Crippen molar-refractivity contribution in [3.05, 3.63) is 72.5 Å². The van der Waals surface area contributed by atoms with Crippen LogP contribution >= 0.6 is 0 Å². The molecule has 0 heterocycles. The molecule has 136 valence electrons. The zero-order valence-corrected chi connectivity index (χ0v) is 14.5. The Morgan fingerprint density at radius 2 is 1.68 bits per heavy atom. The molecule has 0 aliphatic rings. The number of aliphatic hydroxyl groups is 3. The van der Waals surface area contributed by atoms with Gasteiger partial charge < -0.3 is 25.5 Å². The van der Waals surface area contributed by atoms with Gasteiger partial charge in [-0.25, -0.2) is 0 Å². The zero-order chi connectivity index (χ0) is 18.3. The number of hydrogen-bond acceptors (Lipinski definition) is 5. The fraction of sp³-hybridized carbons (Fsp3) is 0.300. The van der Waals surface area contributed by atoms with Gasteiger partial charge in [-0.05, 0) is 29.8 Å². The Kier molecular flexibility index (Phi) is 10.8. The highest BCUT2D eigenvalue weighted by molar-refractivity contribution is 5.58. The van der Waals surface area contributed by atoms with Gasteiger partial charge in [0.05, 0.1) is 19.8 Å². The second-order valence-electron chi connectivity index (χ2n) is 5.25. The Morgan fingerprint density at radius 1 is 1.00 bits per heavy atom. The maximum Gasteiger partial charge on any atom is 0.0606 e. The summed E-state index contributed by atoms with van der Waals surface area (Å²) in [7, 11) is 0. The molecule has 0 radical (unpaired) electrons. The minimum Gasteiger partial charge on any atom is -0.395 e. The number of hydrogen-bond donors (Lipinski definition) is 4. The minimum absolute atomic E-state index is 0.0462. The first-order valence-corrected chi connectivity index (χ1v) is 8.34. The summed E-state index contributed by atoms with van der Waals surface area (Å²) in [4.78, 5) is 1.93. The van der Waals surface area contributed by atoms with E-state index in [1.54, 1.807) is 6.08 Å². The summed E-state index contributed by atoms with van der Waals surface area (Å²) in [6.45, 7) is 5.25. The predicted molar refractivity (Wildman–Crippen MR) is 104 cm³/mol. The summed E-state index contributed by atoms with van der Waals surface area (Å²) in [5, 5.41) is 30.3. The Hall–Kier alpha value is -2.34. The molecule has 5 heteroatoms. The number of anilines is 1. The summed E-state index contributed by atoms with van der Waals surface area (Å²) >= 11 is 0. The average molecular weight is 344 g/mol. The lowest BCUT2D eigenvalue weighted by molar-refractivity contribution is 0.281. The largest absolute Gasteiger partial charge is 0.395 e. The highest BCUT2D eigenvalue weighted by atomic mass is 16.3. The van der Waals surface area contributed by atoms with Crippen LogP contribution in [0, 0.1) is 0 Å². The molecule has 25 heavy (non-hydrogen) atoms. The minimum atomic E-state index is 0.0462. The Morgan fingerprint density at radius 3 is 2.24 bits per heavy atom. The van der Waals surface area contributed by atoms with Crippen LogP contribution in [-0.4, -0.2) is 54.8 Å². The van der Waals surface area contributed by atoms with E-state index in [0.717, 1.165) is 16.9 Å². The fourth-order valence-corrected chi connectivity index (χ4v) is 2.21. The molecule has 0 atom stereocenters. The summed E-state index contributed by atoms with van der Waals surface area (Å²) in [5.41, 5.74) is 2.88. The molecule has 0 fully saturated rings. The van der Waals surface area contributed by atoms with Gasteiger partial charge >= 0.3 is 0 Å². The van der Waals surface area contributed by atoms with Gasteiger partial charge in [0.25, 0.3) is 0 Å². The standard InChI is InChI=1S/C20H28N2O3/c1-2-3-4-5-19(21-12-15-23)9-6-18-7-10-20(11-8-18)22(13-16-24)14-17-25/h2-11,21,23-25H,1,12-17H2/b4-3-,9-6+,19-5-. The summed E-state index contributed by atoms with van der Waals surface area (Å²) in [5.74, 6) is 0. The van der Waals surface area contributed by atoms with Crippen molar-refractivity contribution in [2.75, 3.05) is 44.4 Å². The topological polar surface area (TPSA) is 76.0 Å². The lowest BCUT2D eigenvalue weighted by Crippen LogP contribution is -2.29. The molecule has 0 aliphatic heterocycles. The maximum absolute atomic E-state index is 9.11. The molecule has 0 unspecified atom stereocenters. The number of nitrogens with zero attached hydrogens (tertiary/aromatic N) is 1. The molecule has 0 aliphatic carbocycles. The van der Waals surface area contributed by atoms with Crippen LogP contribution in [0.1, 0.15) is 5.56 Å². The van der Waals surface area contributed by atoms with E-state index < -0.39 is 0 Å². The number of aliphatic hydroxyl groups excluding tert-OH is 3. The van der Waals surface area contributed by atoms with Crippen molar-refractivity contribution < 1.29 is 15.3 Å². The summed E-state index contributed by atoms with van der Waals surface area (Å²) in [6, 6.07) is 7.90. The molecule has 5 nitrogen and oxygen atoms in total. The lowest BCUT2D eigenvalue weighted by atomic mass is 10.1. The van der Waals surface area contributed by atoms with Crippen LogP contribution in [0.4, 0.5) is 5.69 Å². The third-order valence-electron chi connectivity index (χ3n) is 3.42. The summed E-state index contributed by atoms with van der Waals surface area (Å²) < 4.78 is 0. The second-order valence-corrected chi connectivity index (χ2v) is 5.25. The summed E-state index contributed by atoms with van der Waals surface area (Å²) in [6.07, 6.45) is 11.2. The number of rotatable bonds is 12. The molecule has 0 bridgehead atoms. The Labute approximate surface area is 149 Å². The smallest absolute Gasteiger partial charge is 0.0606 e. The van der Waals surface area contributed by atoms with Gasteiger partial charge in [-0.15, -0.1) is 0 Å².